The Morgan fingerprint density at radius 3 is 2.15 bits per heavy atom. The van der Waals surface area contributed by atoms with Gasteiger partial charge in [0.2, 0.25) is 21.8 Å². The molecule has 0 bridgehead atoms. The van der Waals surface area contributed by atoms with Crippen molar-refractivity contribution in [1.82, 2.24) is 10.2 Å². The smallest absolute Gasteiger partial charge is 0.243 e. The first-order valence-electron chi connectivity index (χ1n) is 14.0. The molecule has 1 N–H and O–H groups in total. The Balaban J connectivity index is 1.74. The minimum Gasteiger partial charge on any atom is -0.352 e. The van der Waals surface area contributed by atoms with E-state index >= 15 is 0 Å². The van der Waals surface area contributed by atoms with Gasteiger partial charge in [-0.25, -0.2) is 12.8 Å². The molecule has 7 nitrogen and oxygen atoms in total. The van der Waals surface area contributed by atoms with E-state index in [1.54, 1.807) is 29.2 Å². The van der Waals surface area contributed by atoms with Gasteiger partial charge in [-0.1, -0.05) is 57.4 Å². The molecule has 0 aliphatic heterocycles. The Kier molecular flexibility index (Phi) is 11.3. The van der Waals surface area contributed by atoms with E-state index in [1.807, 2.05) is 26.0 Å². The number of aryl methyl sites for hydroxylation is 1. The van der Waals surface area contributed by atoms with Crippen LogP contribution in [0, 0.1) is 5.82 Å². The lowest BCUT2D eigenvalue weighted by Gasteiger charge is -2.33. The summed E-state index contributed by atoms with van der Waals surface area (Å²) in [5.74, 6) is -0.778. The predicted molar refractivity (Wildman–Crippen MR) is 153 cm³/mol. The van der Waals surface area contributed by atoms with Crippen LogP contribution in [0.5, 0.6) is 0 Å². The van der Waals surface area contributed by atoms with Gasteiger partial charge in [-0.15, -0.1) is 0 Å². The van der Waals surface area contributed by atoms with Crippen LogP contribution < -0.4 is 9.62 Å². The van der Waals surface area contributed by atoms with Gasteiger partial charge in [-0.3, -0.25) is 13.9 Å². The molecule has 1 aliphatic carbocycles. The van der Waals surface area contributed by atoms with E-state index in [0.717, 1.165) is 49.5 Å². The first kappa shape index (κ1) is 30.6. The van der Waals surface area contributed by atoms with Crippen LogP contribution in [-0.4, -0.2) is 50.0 Å². The van der Waals surface area contributed by atoms with Crippen LogP contribution in [0.1, 0.15) is 76.3 Å². The third-order valence-corrected chi connectivity index (χ3v) is 8.58. The number of amides is 2. The predicted octanol–water partition coefficient (Wildman–Crippen LogP) is 5.19. The van der Waals surface area contributed by atoms with Crippen LogP contribution in [0.25, 0.3) is 0 Å². The fourth-order valence-corrected chi connectivity index (χ4v) is 6.12. The molecule has 1 saturated carbocycles. The van der Waals surface area contributed by atoms with Crippen molar-refractivity contribution < 1.29 is 22.4 Å². The van der Waals surface area contributed by atoms with Crippen LogP contribution in [0.2, 0.25) is 0 Å². The van der Waals surface area contributed by atoms with E-state index in [1.165, 1.54) is 22.9 Å². The third kappa shape index (κ3) is 9.05. The Morgan fingerprint density at radius 2 is 1.59 bits per heavy atom. The largest absolute Gasteiger partial charge is 0.352 e. The summed E-state index contributed by atoms with van der Waals surface area (Å²) in [4.78, 5) is 28.5. The van der Waals surface area contributed by atoms with Crippen molar-refractivity contribution >= 4 is 27.5 Å². The van der Waals surface area contributed by atoms with E-state index in [4.69, 9.17) is 0 Å². The van der Waals surface area contributed by atoms with Gasteiger partial charge in [0.15, 0.2) is 0 Å². The van der Waals surface area contributed by atoms with Gasteiger partial charge in [0.25, 0.3) is 0 Å². The average molecular weight is 560 g/mol. The lowest BCUT2D eigenvalue weighted by atomic mass is 9.95. The molecule has 2 aromatic rings. The van der Waals surface area contributed by atoms with Crippen molar-refractivity contribution in [2.24, 2.45) is 0 Å². The average Bonchev–Trinajstić information content (AvgIpc) is 2.92. The maximum absolute atomic E-state index is 13.6. The van der Waals surface area contributed by atoms with Crippen molar-refractivity contribution in [3.05, 3.63) is 65.5 Å². The van der Waals surface area contributed by atoms with E-state index in [9.17, 15) is 22.4 Å². The zero-order chi connectivity index (χ0) is 28.4. The number of carbonyl (C=O) groups excluding carboxylic acids is 2. The SMILES string of the molecule is CCc1ccc(N(CCCC(=O)N(Cc2ccc(F)cc2)C(CC)C(=O)NC2CCCCC2)S(C)(=O)=O)cc1. The van der Waals surface area contributed by atoms with Gasteiger partial charge < -0.3 is 10.2 Å². The highest BCUT2D eigenvalue weighted by Crippen LogP contribution is 2.22. The minimum atomic E-state index is -3.55. The maximum atomic E-state index is 13.6. The highest BCUT2D eigenvalue weighted by molar-refractivity contribution is 7.92. The van der Waals surface area contributed by atoms with Crippen molar-refractivity contribution in [2.75, 3.05) is 17.1 Å². The minimum absolute atomic E-state index is 0.0769. The zero-order valence-electron chi connectivity index (χ0n) is 23.4. The summed E-state index contributed by atoms with van der Waals surface area (Å²) in [7, 11) is -3.55. The summed E-state index contributed by atoms with van der Waals surface area (Å²) in [6.45, 7) is 4.22. The monoisotopic (exact) mass is 559 g/mol. The second-order valence-electron chi connectivity index (χ2n) is 10.4. The summed E-state index contributed by atoms with van der Waals surface area (Å²) in [5, 5.41) is 3.14. The van der Waals surface area contributed by atoms with Crippen LogP contribution in [-0.2, 0) is 32.6 Å². The molecule has 1 fully saturated rings. The van der Waals surface area contributed by atoms with Gasteiger partial charge in [0.1, 0.15) is 11.9 Å². The number of hydrogen-bond acceptors (Lipinski definition) is 4. The highest BCUT2D eigenvalue weighted by atomic mass is 32.2. The molecular weight excluding hydrogens is 517 g/mol. The lowest BCUT2D eigenvalue weighted by molar-refractivity contribution is -0.141. The van der Waals surface area contributed by atoms with Crippen LogP contribution >= 0.6 is 0 Å². The number of nitrogens with one attached hydrogen (secondary N) is 1. The Morgan fingerprint density at radius 1 is 0.974 bits per heavy atom. The van der Waals surface area contributed by atoms with E-state index in [0.29, 0.717) is 18.5 Å². The Bertz CT molecular complexity index is 1180. The first-order chi connectivity index (χ1) is 18.6. The van der Waals surface area contributed by atoms with Crippen LogP contribution in [0.4, 0.5) is 10.1 Å². The fourth-order valence-electron chi connectivity index (χ4n) is 5.15. The summed E-state index contributed by atoms with van der Waals surface area (Å²) in [6.07, 6.45) is 8.03. The molecule has 0 saturated heterocycles. The molecule has 0 heterocycles. The van der Waals surface area contributed by atoms with Gasteiger partial charge in [0, 0.05) is 25.6 Å². The van der Waals surface area contributed by atoms with E-state index in [-0.39, 0.29) is 43.2 Å². The molecule has 0 spiro atoms. The molecule has 0 radical (unpaired) electrons. The normalized spacial score (nSPS) is 15.0. The molecule has 39 heavy (non-hydrogen) atoms. The quantitative estimate of drug-likeness (QED) is 0.366. The number of benzene rings is 2. The maximum Gasteiger partial charge on any atom is 0.243 e. The number of halogens is 1. The fraction of sp³-hybridized carbons (Fsp3) is 0.533. The van der Waals surface area contributed by atoms with Crippen LogP contribution in [0.15, 0.2) is 48.5 Å². The summed E-state index contributed by atoms with van der Waals surface area (Å²) >= 11 is 0. The molecule has 1 aliphatic rings. The van der Waals surface area contributed by atoms with Crippen molar-refractivity contribution in [1.29, 1.82) is 0 Å². The van der Waals surface area contributed by atoms with Gasteiger partial charge in [-0.2, -0.15) is 0 Å². The van der Waals surface area contributed by atoms with Crippen molar-refractivity contribution in [2.45, 2.75) is 90.3 Å². The zero-order valence-corrected chi connectivity index (χ0v) is 24.2. The van der Waals surface area contributed by atoms with E-state index in [2.05, 4.69) is 5.32 Å². The number of hydrogen-bond donors (Lipinski definition) is 1. The molecule has 214 valence electrons. The molecule has 9 heteroatoms. The summed E-state index contributed by atoms with van der Waals surface area (Å²) in [6, 6.07) is 12.7. The summed E-state index contributed by atoms with van der Waals surface area (Å²) in [5.41, 5.74) is 2.39. The first-order valence-corrected chi connectivity index (χ1v) is 15.9. The van der Waals surface area contributed by atoms with Crippen molar-refractivity contribution in [3.8, 4) is 0 Å². The molecular formula is C30H42FN3O4S. The molecule has 0 aromatic heterocycles. The van der Waals surface area contributed by atoms with Gasteiger partial charge in [-0.05, 0) is 67.5 Å². The molecule has 1 unspecified atom stereocenters. The molecule has 3 rings (SSSR count). The van der Waals surface area contributed by atoms with Gasteiger partial charge in [0.05, 0.1) is 11.9 Å². The summed E-state index contributed by atoms with van der Waals surface area (Å²) < 4.78 is 39.9. The molecule has 2 aromatic carbocycles. The topological polar surface area (TPSA) is 86.8 Å². The second kappa shape index (κ2) is 14.4. The number of sulfonamides is 1. The number of rotatable bonds is 13. The Labute approximate surface area is 232 Å². The second-order valence-corrected chi connectivity index (χ2v) is 12.3. The lowest BCUT2D eigenvalue weighted by Crippen LogP contribution is -2.51. The number of anilines is 1. The standard InChI is InChI=1S/C30H42FN3O4S/c1-4-23-15-19-27(20-16-23)34(39(3,37)38)21-9-12-29(35)33(22-24-13-17-25(31)18-14-24)28(5-2)30(36)32-26-10-7-6-8-11-26/h13-20,26,28H,4-12,21-22H2,1-3H3,(H,32,36). The van der Waals surface area contributed by atoms with Crippen molar-refractivity contribution in [3.63, 3.8) is 0 Å². The molecule has 1 atom stereocenters. The number of carbonyl (C=O) groups is 2. The number of nitrogens with zero attached hydrogens (tertiary/aromatic N) is 2. The molecule has 2 amide bonds. The van der Waals surface area contributed by atoms with Crippen LogP contribution in [0.3, 0.4) is 0 Å². The van der Waals surface area contributed by atoms with Gasteiger partial charge >= 0.3 is 0 Å². The Hall–Kier alpha value is -2.94. The highest BCUT2D eigenvalue weighted by Gasteiger charge is 2.30. The third-order valence-electron chi connectivity index (χ3n) is 7.39. The van der Waals surface area contributed by atoms with E-state index < -0.39 is 16.1 Å².